The minimum atomic E-state index is -3.69. The van der Waals surface area contributed by atoms with Crippen LogP contribution in [0.15, 0.2) is 23.1 Å². The summed E-state index contributed by atoms with van der Waals surface area (Å²) >= 11 is 0. The van der Waals surface area contributed by atoms with E-state index in [1.54, 1.807) is 13.0 Å². The van der Waals surface area contributed by atoms with E-state index in [1.165, 1.54) is 16.4 Å². The first kappa shape index (κ1) is 17.0. The molecule has 7 nitrogen and oxygen atoms in total. The van der Waals surface area contributed by atoms with Crippen LogP contribution in [0.25, 0.3) is 0 Å². The zero-order valence-electron chi connectivity index (χ0n) is 13.6. The van der Waals surface area contributed by atoms with Crippen LogP contribution in [-0.4, -0.2) is 51.6 Å². The Morgan fingerprint density at radius 3 is 2.79 bits per heavy atom. The van der Waals surface area contributed by atoms with Crippen LogP contribution in [0.4, 0.5) is 0 Å². The summed E-state index contributed by atoms with van der Waals surface area (Å²) in [7, 11) is -3.69. The van der Waals surface area contributed by atoms with Crippen LogP contribution in [-0.2, 0) is 19.6 Å². The largest absolute Gasteiger partial charge is 0.486 e. The number of piperidine rings is 1. The molecule has 0 radical (unpaired) electrons. The fourth-order valence-electron chi connectivity index (χ4n) is 2.95. The van der Waals surface area contributed by atoms with Crippen molar-refractivity contribution in [2.75, 3.05) is 32.9 Å². The van der Waals surface area contributed by atoms with Crippen molar-refractivity contribution in [1.29, 1.82) is 0 Å². The van der Waals surface area contributed by atoms with Gasteiger partial charge in [0.15, 0.2) is 11.5 Å². The third kappa shape index (κ3) is 3.34. The van der Waals surface area contributed by atoms with E-state index in [1.807, 2.05) is 0 Å². The molecule has 0 saturated carbocycles. The quantitative estimate of drug-likeness (QED) is 0.760. The molecule has 0 amide bonds. The Bertz CT molecular complexity index is 717. The van der Waals surface area contributed by atoms with E-state index in [4.69, 9.17) is 14.2 Å². The first-order valence-corrected chi connectivity index (χ1v) is 9.53. The van der Waals surface area contributed by atoms with Crippen LogP contribution >= 0.6 is 0 Å². The minimum Gasteiger partial charge on any atom is -0.486 e. The number of benzene rings is 1. The lowest BCUT2D eigenvalue weighted by atomic mass is 10.0. The summed E-state index contributed by atoms with van der Waals surface area (Å²) in [5, 5.41) is 0. The highest BCUT2D eigenvalue weighted by Gasteiger charge is 2.34. The Morgan fingerprint density at radius 2 is 2.04 bits per heavy atom. The summed E-state index contributed by atoms with van der Waals surface area (Å²) in [5.74, 6) is 0.231. The second kappa shape index (κ2) is 6.98. The van der Waals surface area contributed by atoms with E-state index in [0.717, 1.165) is 0 Å². The molecule has 24 heavy (non-hydrogen) atoms. The summed E-state index contributed by atoms with van der Waals surface area (Å²) in [6.07, 6.45) is 1.28. The molecule has 8 heteroatoms. The van der Waals surface area contributed by atoms with E-state index in [2.05, 4.69) is 0 Å². The smallest absolute Gasteiger partial charge is 0.310 e. The normalized spacial score (nSPS) is 21.3. The van der Waals surface area contributed by atoms with Gasteiger partial charge in [0.2, 0.25) is 10.0 Å². The average Bonchev–Trinajstić information content (AvgIpc) is 2.61. The lowest BCUT2D eigenvalue weighted by Crippen LogP contribution is -2.42. The number of sulfonamides is 1. The SMILES string of the molecule is CCOC(=O)[C@H]1CCCN(S(=O)(=O)c2ccc3c(c2)OCCO3)C1. The van der Waals surface area contributed by atoms with E-state index < -0.39 is 15.9 Å². The number of ether oxygens (including phenoxy) is 3. The Balaban J connectivity index is 1.81. The van der Waals surface area contributed by atoms with Gasteiger partial charge in [0.1, 0.15) is 13.2 Å². The van der Waals surface area contributed by atoms with Gasteiger partial charge in [0.05, 0.1) is 17.4 Å². The van der Waals surface area contributed by atoms with Crippen molar-refractivity contribution in [2.24, 2.45) is 5.92 Å². The van der Waals surface area contributed by atoms with Crippen LogP contribution in [0.2, 0.25) is 0 Å². The van der Waals surface area contributed by atoms with Crippen LogP contribution < -0.4 is 9.47 Å². The summed E-state index contributed by atoms with van der Waals surface area (Å²) in [4.78, 5) is 12.1. The topological polar surface area (TPSA) is 82.1 Å². The van der Waals surface area contributed by atoms with Crippen molar-refractivity contribution < 1.29 is 27.4 Å². The van der Waals surface area contributed by atoms with Crippen molar-refractivity contribution in [1.82, 2.24) is 4.31 Å². The Kier molecular flexibility index (Phi) is 4.96. The summed E-state index contributed by atoms with van der Waals surface area (Å²) < 4.78 is 43.0. The Hall–Kier alpha value is -1.80. The molecule has 0 aliphatic carbocycles. The molecule has 1 aromatic carbocycles. The molecule has 2 aliphatic heterocycles. The lowest BCUT2D eigenvalue weighted by Gasteiger charge is -2.31. The monoisotopic (exact) mass is 355 g/mol. The van der Waals surface area contributed by atoms with Crippen molar-refractivity contribution in [3.8, 4) is 11.5 Å². The first-order valence-electron chi connectivity index (χ1n) is 8.09. The fraction of sp³-hybridized carbons (Fsp3) is 0.562. The van der Waals surface area contributed by atoms with Gasteiger partial charge in [-0.2, -0.15) is 4.31 Å². The number of hydrogen-bond acceptors (Lipinski definition) is 6. The van der Waals surface area contributed by atoms with Gasteiger partial charge in [0, 0.05) is 19.2 Å². The lowest BCUT2D eigenvalue weighted by molar-refractivity contribution is -0.149. The van der Waals surface area contributed by atoms with Gasteiger partial charge < -0.3 is 14.2 Å². The Labute approximate surface area is 141 Å². The van der Waals surface area contributed by atoms with Crippen molar-refractivity contribution in [3.63, 3.8) is 0 Å². The molecule has 3 rings (SSSR count). The summed E-state index contributed by atoms with van der Waals surface area (Å²) in [6, 6.07) is 4.60. The van der Waals surface area contributed by atoms with Crippen LogP contribution in [0.5, 0.6) is 11.5 Å². The van der Waals surface area contributed by atoms with Gasteiger partial charge in [-0.3, -0.25) is 4.79 Å². The average molecular weight is 355 g/mol. The van der Waals surface area contributed by atoms with E-state index >= 15 is 0 Å². The maximum absolute atomic E-state index is 12.9. The molecule has 2 heterocycles. The van der Waals surface area contributed by atoms with E-state index in [9.17, 15) is 13.2 Å². The molecule has 0 bridgehead atoms. The molecule has 1 saturated heterocycles. The van der Waals surface area contributed by atoms with Gasteiger partial charge in [-0.25, -0.2) is 8.42 Å². The van der Waals surface area contributed by atoms with Crippen LogP contribution in [0, 0.1) is 5.92 Å². The molecule has 0 aromatic heterocycles. The highest BCUT2D eigenvalue weighted by Crippen LogP contribution is 2.34. The predicted octanol–water partition coefficient (Wildman–Crippen LogP) is 1.42. The van der Waals surface area contributed by atoms with Crippen LogP contribution in [0.1, 0.15) is 19.8 Å². The molecule has 2 aliphatic rings. The minimum absolute atomic E-state index is 0.148. The molecule has 0 spiro atoms. The molecule has 1 atom stereocenters. The number of carbonyl (C=O) groups excluding carboxylic acids is 1. The van der Waals surface area contributed by atoms with Crippen LogP contribution in [0.3, 0.4) is 0 Å². The molecule has 0 unspecified atom stereocenters. The molecule has 1 aromatic rings. The van der Waals surface area contributed by atoms with Crippen molar-refractivity contribution in [3.05, 3.63) is 18.2 Å². The molecule has 0 N–H and O–H groups in total. The van der Waals surface area contributed by atoms with E-state index in [0.29, 0.717) is 50.7 Å². The molecule has 132 valence electrons. The number of esters is 1. The predicted molar refractivity (Wildman–Crippen MR) is 85.5 cm³/mol. The van der Waals surface area contributed by atoms with E-state index in [-0.39, 0.29) is 17.4 Å². The number of hydrogen-bond donors (Lipinski definition) is 0. The fourth-order valence-corrected chi connectivity index (χ4v) is 4.49. The summed E-state index contributed by atoms with van der Waals surface area (Å²) in [6.45, 7) is 3.43. The molecule has 1 fully saturated rings. The number of rotatable bonds is 4. The van der Waals surface area contributed by atoms with Crippen molar-refractivity contribution >= 4 is 16.0 Å². The standard InChI is InChI=1S/C16H21NO6S/c1-2-21-16(18)12-4-3-7-17(11-12)24(19,20)13-5-6-14-15(10-13)23-9-8-22-14/h5-6,10,12H,2-4,7-9,11H2,1H3/t12-/m0/s1. The maximum Gasteiger partial charge on any atom is 0.310 e. The maximum atomic E-state index is 12.9. The molecular formula is C16H21NO6S. The van der Waals surface area contributed by atoms with Gasteiger partial charge >= 0.3 is 5.97 Å². The highest BCUT2D eigenvalue weighted by atomic mass is 32.2. The number of carbonyl (C=O) groups is 1. The highest BCUT2D eigenvalue weighted by molar-refractivity contribution is 7.89. The third-order valence-corrected chi connectivity index (χ3v) is 6.02. The second-order valence-corrected chi connectivity index (χ2v) is 7.70. The summed E-state index contributed by atoms with van der Waals surface area (Å²) in [5.41, 5.74) is 0. The van der Waals surface area contributed by atoms with Gasteiger partial charge in [-0.1, -0.05) is 0 Å². The Morgan fingerprint density at radius 1 is 1.29 bits per heavy atom. The zero-order chi connectivity index (χ0) is 17.2. The second-order valence-electron chi connectivity index (χ2n) is 5.76. The van der Waals surface area contributed by atoms with Gasteiger partial charge in [0.25, 0.3) is 0 Å². The first-order chi connectivity index (χ1) is 11.5. The number of fused-ring (bicyclic) bond motifs is 1. The third-order valence-electron chi connectivity index (χ3n) is 4.16. The van der Waals surface area contributed by atoms with Crippen molar-refractivity contribution in [2.45, 2.75) is 24.7 Å². The number of nitrogens with zero attached hydrogens (tertiary/aromatic N) is 1. The molecular weight excluding hydrogens is 334 g/mol. The van der Waals surface area contributed by atoms with Gasteiger partial charge in [-0.15, -0.1) is 0 Å². The van der Waals surface area contributed by atoms with Gasteiger partial charge in [-0.05, 0) is 31.9 Å². The zero-order valence-corrected chi connectivity index (χ0v) is 14.4.